The highest BCUT2D eigenvalue weighted by Crippen LogP contribution is 2.37. The van der Waals surface area contributed by atoms with Gasteiger partial charge in [-0.15, -0.1) is 0 Å². The van der Waals surface area contributed by atoms with Crippen LogP contribution in [0.4, 0.5) is 5.69 Å². The van der Waals surface area contributed by atoms with Crippen LogP contribution in [0.3, 0.4) is 0 Å². The minimum atomic E-state index is -0.433. The van der Waals surface area contributed by atoms with Crippen molar-refractivity contribution in [2.75, 3.05) is 11.9 Å². The summed E-state index contributed by atoms with van der Waals surface area (Å²) in [4.78, 5) is 28.0. The molecule has 4 nitrogen and oxygen atoms in total. The molecule has 1 amide bonds. The molecule has 0 saturated carbocycles. The monoisotopic (exact) mass is 374 g/mol. The van der Waals surface area contributed by atoms with Gasteiger partial charge < -0.3 is 10.2 Å². The summed E-state index contributed by atoms with van der Waals surface area (Å²) in [5, 5.41) is 3.45. The molecule has 0 bridgehead atoms. The maximum atomic E-state index is 13.2. The molecule has 1 N–H and O–H groups in total. The van der Waals surface area contributed by atoms with E-state index < -0.39 is 11.7 Å². The number of Topliss-reactive ketones (excluding diaryl/α,β-unsaturated/α-hetero) is 1. The van der Waals surface area contributed by atoms with Gasteiger partial charge in [-0.2, -0.15) is 0 Å². The van der Waals surface area contributed by atoms with Crippen LogP contribution in [-0.4, -0.2) is 28.7 Å². The number of carbonyl (C=O) groups is 2. The molecule has 0 spiro atoms. The summed E-state index contributed by atoms with van der Waals surface area (Å²) in [5.41, 5.74) is 6.46. The van der Waals surface area contributed by atoms with Gasteiger partial charge in [0, 0.05) is 18.7 Å². The number of amides is 1. The molecule has 0 fully saturated rings. The van der Waals surface area contributed by atoms with Crippen LogP contribution in [0.5, 0.6) is 0 Å². The van der Waals surface area contributed by atoms with Gasteiger partial charge in [0.25, 0.3) is 11.7 Å². The van der Waals surface area contributed by atoms with Crippen molar-refractivity contribution in [3.63, 3.8) is 0 Å². The molecule has 144 valence electrons. The summed E-state index contributed by atoms with van der Waals surface area (Å²) in [6.07, 6.45) is 2.95. The van der Waals surface area contributed by atoms with Gasteiger partial charge in [-0.1, -0.05) is 30.3 Å². The molecular weight excluding hydrogens is 348 g/mol. The Morgan fingerprint density at radius 2 is 1.79 bits per heavy atom. The van der Waals surface area contributed by atoms with E-state index in [4.69, 9.17) is 0 Å². The summed E-state index contributed by atoms with van der Waals surface area (Å²) in [5.74, 6) is -0.855. The second kappa shape index (κ2) is 6.62. The number of aryl methyl sites for hydroxylation is 1. The molecule has 2 heterocycles. The van der Waals surface area contributed by atoms with E-state index in [1.807, 2.05) is 31.2 Å². The van der Waals surface area contributed by atoms with Crippen LogP contribution in [0.15, 0.2) is 42.5 Å². The van der Waals surface area contributed by atoms with Gasteiger partial charge in [0.1, 0.15) is 0 Å². The van der Waals surface area contributed by atoms with Crippen molar-refractivity contribution in [2.24, 2.45) is 0 Å². The molecule has 2 aliphatic rings. The number of hydrogen-bond donors (Lipinski definition) is 1. The second-order valence-electron chi connectivity index (χ2n) is 8.48. The third-order valence-electron chi connectivity index (χ3n) is 5.59. The third-order valence-corrected chi connectivity index (χ3v) is 5.59. The molecule has 0 aliphatic carbocycles. The van der Waals surface area contributed by atoms with Gasteiger partial charge in [-0.05, 0) is 68.5 Å². The van der Waals surface area contributed by atoms with Gasteiger partial charge in [0.05, 0.1) is 16.8 Å². The van der Waals surface area contributed by atoms with Crippen molar-refractivity contribution in [1.82, 2.24) is 4.90 Å². The normalized spacial score (nSPS) is 17.1. The van der Waals surface area contributed by atoms with Gasteiger partial charge in [-0.3, -0.25) is 9.59 Å². The first kappa shape index (κ1) is 18.5. The van der Waals surface area contributed by atoms with Crippen LogP contribution in [0, 0.1) is 6.92 Å². The Balaban J connectivity index is 1.68. The summed E-state index contributed by atoms with van der Waals surface area (Å²) in [7, 11) is 0. The molecule has 0 aromatic heterocycles. The fourth-order valence-corrected chi connectivity index (χ4v) is 4.32. The van der Waals surface area contributed by atoms with Crippen LogP contribution < -0.4 is 5.32 Å². The van der Waals surface area contributed by atoms with Crippen LogP contribution in [-0.2, 0) is 17.8 Å². The third kappa shape index (κ3) is 3.24. The van der Waals surface area contributed by atoms with Crippen molar-refractivity contribution in [1.29, 1.82) is 0 Å². The Labute approximate surface area is 166 Å². The number of hydrogen-bond acceptors (Lipinski definition) is 3. The molecule has 4 heteroatoms. The Bertz CT molecular complexity index is 1020. The van der Waals surface area contributed by atoms with E-state index in [9.17, 15) is 9.59 Å². The highest BCUT2D eigenvalue weighted by Gasteiger charge is 2.32. The average molecular weight is 374 g/mol. The number of ketones is 1. The fraction of sp³-hybridized carbons (Fsp3) is 0.333. The van der Waals surface area contributed by atoms with E-state index in [2.05, 4.69) is 44.3 Å². The van der Waals surface area contributed by atoms with Gasteiger partial charge in [0.2, 0.25) is 0 Å². The van der Waals surface area contributed by atoms with Crippen molar-refractivity contribution in [2.45, 2.75) is 46.2 Å². The Hall–Kier alpha value is -2.88. The highest BCUT2D eigenvalue weighted by molar-refractivity contribution is 6.44. The van der Waals surface area contributed by atoms with Crippen molar-refractivity contribution in [3.8, 4) is 0 Å². The molecule has 2 aromatic carbocycles. The van der Waals surface area contributed by atoms with Crippen LogP contribution >= 0.6 is 0 Å². The first-order chi connectivity index (χ1) is 13.2. The molecule has 2 aliphatic heterocycles. The smallest absolute Gasteiger partial charge is 0.295 e. The quantitative estimate of drug-likeness (QED) is 0.627. The molecule has 28 heavy (non-hydrogen) atoms. The lowest BCUT2D eigenvalue weighted by Crippen LogP contribution is -2.41. The minimum absolute atomic E-state index is 0.269. The molecular formula is C24H26N2O2. The van der Waals surface area contributed by atoms with Crippen LogP contribution in [0.1, 0.15) is 53.4 Å². The lowest BCUT2D eigenvalue weighted by atomic mass is 9.87. The standard InChI is InChI=1S/C24H26N2O2/c1-15-11-19-16(2)13-24(3,4)25-21(19)20(12-15)22(27)23(28)26-10-9-17-7-5-6-8-18(17)14-26/h5-8,11-13,25H,9-10,14H2,1-4H3. The summed E-state index contributed by atoms with van der Waals surface area (Å²) >= 11 is 0. The molecule has 4 rings (SSSR count). The van der Waals surface area contributed by atoms with Gasteiger partial charge in [-0.25, -0.2) is 0 Å². The number of anilines is 1. The number of fused-ring (bicyclic) bond motifs is 2. The van der Waals surface area contributed by atoms with E-state index in [0.717, 1.165) is 34.4 Å². The Kier molecular flexibility index (Phi) is 4.37. The maximum Gasteiger partial charge on any atom is 0.295 e. The number of allylic oxidation sites excluding steroid dienone is 1. The summed E-state index contributed by atoms with van der Waals surface area (Å²) in [6, 6.07) is 12.0. The first-order valence-electron chi connectivity index (χ1n) is 9.78. The predicted octanol–water partition coefficient (Wildman–Crippen LogP) is 4.37. The number of nitrogens with zero attached hydrogens (tertiary/aromatic N) is 1. The van der Waals surface area contributed by atoms with Gasteiger partial charge >= 0.3 is 0 Å². The van der Waals surface area contributed by atoms with E-state index in [1.54, 1.807) is 4.90 Å². The van der Waals surface area contributed by atoms with E-state index >= 15 is 0 Å². The topological polar surface area (TPSA) is 49.4 Å². The number of carbonyl (C=O) groups excluding carboxylic acids is 2. The highest BCUT2D eigenvalue weighted by atomic mass is 16.2. The minimum Gasteiger partial charge on any atom is -0.376 e. The average Bonchev–Trinajstić information content (AvgIpc) is 2.66. The van der Waals surface area contributed by atoms with E-state index in [-0.39, 0.29) is 5.54 Å². The zero-order valence-corrected chi connectivity index (χ0v) is 16.9. The zero-order valence-electron chi connectivity index (χ0n) is 16.9. The maximum absolute atomic E-state index is 13.2. The molecule has 0 unspecified atom stereocenters. The molecule has 0 atom stereocenters. The lowest BCUT2D eigenvalue weighted by molar-refractivity contribution is -0.127. The number of rotatable bonds is 2. The predicted molar refractivity (Wildman–Crippen MR) is 112 cm³/mol. The lowest BCUT2D eigenvalue weighted by Gasteiger charge is -2.33. The number of benzene rings is 2. The van der Waals surface area contributed by atoms with Gasteiger partial charge in [0.15, 0.2) is 0 Å². The van der Waals surface area contributed by atoms with Crippen molar-refractivity contribution in [3.05, 3.63) is 70.3 Å². The summed E-state index contributed by atoms with van der Waals surface area (Å²) in [6.45, 7) is 9.22. The fourth-order valence-electron chi connectivity index (χ4n) is 4.32. The molecule has 0 radical (unpaired) electrons. The second-order valence-corrected chi connectivity index (χ2v) is 8.48. The first-order valence-corrected chi connectivity index (χ1v) is 9.78. The SMILES string of the molecule is CC1=CC(C)(C)Nc2c(C(=O)C(=O)N3CCc4ccccc4C3)cc(C)cc21. The Morgan fingerprint density at radius 3 is 2.54 bits per heavy atom. The zero-order chi connectivity index (χ0) is 20.1. The van der Waals surface area contributed by atoms with E-state index in [0.29, 0.717) is 18.7 Å². The van der Waals surface area contributed by atoms with Crippen molar-refractivity contribution < 1.29 is 9.59 Å². The van der Waals surface area contributed by atoms with E-state index in [1.165, 1.54) is 5.56 Å². The molecule has 2 aromatic rings. The van der Waals surface area contributed by atoms with Crippen LogP contribution in [0.25, 0.3) is 5.57 Å². The summed E-state index contributed by atoms with van der Waals surface area (Å²) < 4.78 is 0. The Morgan fingerprint density at radius 1 is 1.07 bits per heavy atom. The van der Waals surface area contributed by atoms with Crippen molar-refractivity contribution >= 4 is 23.0 Å². The largest absolute Gasteiger partial charge is 0.376 e. The molecule has 0 saturated heterocycles. The van der Waals surface area contributed by atoms with Crippen LogP contribution in [0.2, 0.25) is 0 Å². The number of nitrogens with one attached hydrogen (secondary N) is 1.